The van der Waals surface area contributed by atoms with Crippen LogP contribution < -0.4 is 0 Å². The van der Waals surface area contributed by atoms with Gasteiger partial charge in [-0.1, -0.05) is 40.9 Å². The van der Waals surface area contributed by atoms with Crippen molar-refractivity contribution < 1.29 is 24.2 Å². The number of phenols is 1. The first kappa shape index (κ1) is 19.9. The van der Waals surface area contributed by atoms with E-state index in [9.17, 15) is 19.8 Å². The molecule has 2 heterocycles. The maximum atomic E-state index is 13.5. The summed E-state index contributed by atoms with van der Waals surface area (Å²) in [5, 5.41) is 21.6. The smallest absolute Gasteiger partial charge is 0.290 e. The molecule has 1 unspecified atom stereocenters. The van der Waals surface area contributed by atoms with Gasteiger partial charge in [0, 0.05) is 15.9 Å². The third kappa shape index (κ3) is 3.33. The van der Waals surface area contributed by atoms with Gasteiger partial charge >= 0.3 is 0 Å². The fourth-order valence-corrected chi connectivity index (χ4v) is 5.07. The van der Waals surface area contributed by atoms with E-state index in [2.05, 4.69) is 15.9 Å². The summed E-state index contributed by atoms with van der Waals surface area (Å²) in [5.41, 5.74) is 1.10. The zero-order valence-corrected chi connectivity index (χ0v) is 18.1. The van der Waals surface area contributed by atoms with Crippen molar-refractivity contribution in [2.45, 2.75) is 37.8 Å². The highest BCUT2D eigenvalue weighted by Crippen LogP contribution is 2.44. The average Bonchev–Trinajstić information content (AvgIpc) is 3.46. The number of aliphatic hydroxyl groups is 1. The predicted octanol–water partition coefficient (Wildman–Crippen LogP) is 5.42. The van der Waals surface area contributed by atoms with Crippen molar-refractivity contribution >= 4 is 38.6 Å². The first-order valence-electron chi connectivity index (χ1n) is 10.2. The van der Waals surface area contributed by atoms with Gasteiger partial charge in [0.05, 0.1) is 11.6 Å². The van der Waals surface area contributed by atoms with Gasteiger partial charge in [-0.3, -0.25) is 9.59 Å². The summed E-state index contributed by atoms with van der Waals surface area (Å²) in [6.07, 6.45) is 3.61. The van der Waals surface area contributed by atoms with E-state index in [1.807, 2.05) is 12.1 Å². The van der Waals surface area contributed by atoms with Gasteiger partial charge in [-0.05, 0) is 54.8 Å². The van der Waals surface area contributed by atoms with E-state index in [-0.39, 0.29) is 23.1 Å². The fraction of sp³-hybridized carbons (Fsp3) is 0.250. The van der Waals surface area contributed by atoms with Crippen molar-refractivity contribution in [3.05, 3.63) is 75.7 Å². The molecule has 0 radical (unpaired) electrons. The molecule has 3 aromatic rings. The summed E-state index contributed by atoms with van der Waals surface area (Å²) >= 11 is 3.40. The van der Waals surface area contributed by atoms with Crippen LogP contribution in [-0.4, -0.2) is 32.8 Å². The second kappa shape index (κ2) is 7.57. The van der Waals surface area contributed by atoms with Gasteiger partial charge in [-0.15, -0.1) is 0 Å². The lowest BCUT2D eigenvalue weighted by atomic mass is 9.94. The Balaban J connectivity index is 1.62. The Bertz CT molecular complexity index is 1240. The number of aromatic hydroxyl groups is 1. The molecule has 1 atom stereocenters. The number of aliphatic hydroxyl groups excluding tert-OH is 1. The van der Waals surface area contributed by atoms with E-state index in [0.29, 0.717) is 11.1 Å². The number of halogens is 1. The minimum atomic E-state index is -0.782. The number of hydrogen-bond donors (Lipinski definition) is 2. The maximum absolute atomic E-state index is 13.5. The van der Waals surface area contributed by atoms with E-state index >= 15 is 0 Å². The van der Waals surface area contributed by atoms with Crippen LogP contribution in [0.25, 0.3) is 11.0 Å². The van der Waals surface area contributed by atoms with E-state index in [1.54, 1.807) is 29.2 Å². The normalized spacial score (nSPS) is 19.7. The quantitative estimate of drug-likeness (QED) is 0.485. The standard InChI is InChI=1S/C24H20BrNO5/c25-15-8-9-18-14(10-15)12-19(31-18)22(28)20-21(13-4-3-7-17(27)11-13)26(24(30)23(20)29)16-5-1-2-6-16/h3-4,7-12,16,21,27,29H,1-2,5-6H2. The van der Waals surface area contributed by atoms with Gasteiger partial charge in [0.1, 0.15) is 11.3 Å². The average molecular weight is 482 g/mol. The van der Waals surface area contributed by atoms with E-state index in [1.165, 1.54) is 12.1 Å². The number of rotatable bonds is 4. The second-order valence-corrected chi connectivity index (χ2v) is 8.95. The fourth-order valence-electron chi connectivity index (χ4n) is 4.70. The summed E-state index contributed by atoms with van der Waals surface area (Å²) in [6.45, 7) is 0. The molecule has 0 bridgehead atoms. The van der Waals surface area contributed by atoms with Crippen LogP contribution in [-0.2, 0) is 4.79 Å². The first-order chi connectivity index (χ1) is 14.9. The molecule has 5 rings (SSSR count). The summed E-state index contributed by atoms with van der Waals surface area (Å²) in [7, 11) is 0. The Morgan fingerprint density at radius 3 is 2.58 bits per heavy atom. The number of benzene rings is 2. The molecule has 1 saturated carbocycles. The number of phenolic OH excluding ortho intramolecular Hbond substituents is 1. The maximum Gasteiger partial charge on any atom is 0.290 e. The lowest BCUT2D eigenvalue weighted by Gasteiger charge is -2.32. The molecule has 1 aromatic heterocycles. The Hall–Kier alpha value is -3.06. The number of amides is 1. The van der Waals surface area contributed by atoms with Crippen LogP contribution in [0.2, 0.25) is 0 Å². The SMILES string of the molecule is O=C(C1=C(O)C(=O)N(C2CCCC2)C1c1cccc(O)c1)c1cc2cc(Br)ccc2o1. The third-order valence-electron chi connectivity index (χ3n) is 6.09. The van der Waals surface area contributed by atoms with Crippen molar-refractivity contribution in [3.8, 4) is 5.75 Å². The number of nitrogens with zero attached hydrogens (tertiary/aromatic N) is 1. The molecule has 1 aliphatic heterocycles. The predicted molar refractivity (Wildman–Crippen MR) is 118 cm³/mol. The van der Waals surface area contributed by atoms with Crippen molar-refractivity contribution in [1.29, 1.82) is 0 Å². The molecular formula is C24H20BrNO5. The van der Waals surface area contributed by atoms with Crippen molar-refractivity contribution in [1.82, 2.24) is 4.90 Å². The van der Waals surface area contributed by atoms with Crippen LogP contribution in [0.4, 0.5) is 0 Å². The van der Waals surface area contributed by atoms with Crippen LogP contribution in [0.3, 0.4) is 0 Å². The van der Waals surface area contributed by atoms with Crippen molar-refractivity contribution in [3.63, 3.8) is 0 Å². The molecule has 1 amide bonds. The van der Waals surface area contributed by atoms with Gasteiger partial charge in [-0.2, -0.15) is 0 Å². The molecule has 7 heteroatoms. The topological polar surface area (TPSA) is 91.0 Å². The van der Waals surface area contributed by atoms with E-state index < -0.39 is 23.5 Å². The highest BCUT2D eigenvalue weighted by atomic mass is 79.9. The summed E-state index contributed by atoms with van der Waals surface area (Å²) < 4.78 is 6.60. The van der Waals surface area contributed by atoms with Gasteiger partial charge in [0.15, 0.2) is 11.5 Å². The highest BCUT2D eigenvalue weighted by Gasteiger charge is 2.47. The molecule has 2 aromatic carbocycles. The number of ketones is 1. The molecule has 2 N–H and O–H groups in total. The van der Waals surface area contributed by atoms with Gasteiger partial charge in [-0.25, -0.2) is 0 Å². The van der Waals surface area contributed by atoms with Crippen LogP contribution in [0.5, 0.6) is 5.75 Å². The van der Waals surface area contributed by atoms with Gasteiger partial charge in [0.2, 0.25) is 5.78 Å². The minimum Gasteiger partial charge on any atom is -0.508 e. The second-order valence-electron chi connectivity index (χ2n) is 8.03. The molecule has 2 aliphatic rings. The number of Topliss-reactive ketones (excluding diaryl/α,β-unsaturated/α-hetero) is 1. The lowest BCUT2D eigenvalue weighted by Crippen LogP contribution is -2.38. The number of hydrogen-bond acceptors (Lipinski definition) is 5. The number of carbonyl (C=O) groups is 2. The van der Waals surface area contributed by atoms with E-state index in [4.69, 9.17) is 4.42 Å². The van der Waals surface area contributed by atoms with E-state index in [0.717, 1.165) is 35.5 Å². The lowest BCUT2D eigenvalue weighted by molar-refractivity contribution is -0.131. The molecule has 6 nitrogen and oxygen atoms in total. The monoisotopic (exact) mass is 481 g/mol. The largest absolute Gasteiger partial charge is 0.508 e. The highest BCUT2D eigenvalue weighted by molar-refractivity contribution is 9.10. The molecule has 0 spiro atoms. The molecule has 0 saturated heterocycles. The van der Waals surface area contributed by atoms with Crippen molar-refractivity contribution in [2.24, 2.45) is 0 Å². The third-order valence-corrected chi connectivity index (χ3v) is 6.59. The Labute approximate surface area is 186 Å². The van der Waals surface area contributed by atoms with Gasteiger partial charge in [0.25, 0.3) is 5.91 Å². The number of fused-ring (bicyclic) bond motifs is 1. The Morgan fingerprint density at radius 1 is 1.06 bits per heavy atom. The molecule has 1 aliphatic carbocycles. The molecule has 1 fully saturated rings. The summed E-state index contributed by atoms with van der Waals surface area (Å²) in [5.74, 6) is -1.55. The van der Waals surface area contributed by atoms with Crippen LogP contribution in [0.15, 0.2) is 68.8 Å². The van der Waals surface area contributed by atoms with Crippen molar-refractivity contribution in [2.75, 3.05) is 0 Å². The molecule has 158 valence electrons. The van der Waals surface area contributed by atoms with Crippen LogP contribution in [0.1, 0.15) is 47.8 Å². The number of carbonyl (C=O) groups excluding carboxylic acids is 2. The zero-order chi connectivity index (χ0) is 21.7. The Morgan fingerprint density at radius 2 is 1.84 bits per heavy atom. The van der Waals surface area contributed by atoms with Crippen LogP contribution >= 0.6 is 15.9 Å². The first-order valence-corrected chi connectivity index (χ1v) is 11.0. The van der Waals surface area contributed by atoms with Gasteiger partial charge < -0.3 is 19.5 Å². The van der Waals surface area contributed by atoms with Crippen LogP contribution in [0, 0.1) is 0 Å². The Kier molecular flexibility index (Phi) is 4.85. The molecular weight excluding hydrogens is 462 g/mol. The minimum absolute atomic E-state index is 0.0133. The summed E-state index contributed by atoms with van der Waals surface area (Å²) in [4.78, 5) is 28.2. The molecule has 31 heavy (non-hydrogen) atoms. The number of furan rings is 1. The zero-order valence-electron chi connectivity index (χ0n) is 16.5. The summed E-state index contributed by atoms with van der Waals surface area (Å²) in [6, 6.07) is 12.6.